The molecule has 1 fully saturated rings. The minimum atomic E-state index is -0.839. The Morgan fingerprint density at radius 2 is 1.95 bits per heavy atom. The van der Waals surface area contributed by atoms with Crippen LogP contribution in [-0.2, 0) is 11.3 Å². The summed E-state index contributed by atoms with van der Waals surface area (Å²) in [5.74, 6) is -0.404. The number of carbonyl (C=O) groups excluding carboxylic acids is 1. The van der Waals surface area contributed by atoms with Gasteiger partial charge in [-0.1, -0.05) is 25.0 Å². The smallest absolute Gasteiger partial charge is 0.243 e. The first-order chi connectivity index (χ1) is 9.07. The van der Waals surface area contributed by atoms with Crippen LogP contribution in [0.1, 0.15) is 31.2 Å². The predicted octanol–water partition coefficient (Wildman–Crippen LogP) is 2.87. The van der Waals surface area contributed by atoms with E-state index < -0.39 is 5.41 Å². The first-order valence-corrected chi connectivity index (χ1v) is 6.49. The van der Waals surface area contributed by atoms with E-state index in [4.69, 9.17) is 0 Å². The Balaban J connectivity index is 2.07. The molecule has 0 bridgehead atoms. The SMILES string of the molecule is CN(Cc1ccc(F)cc1)C(=O)C1(C#N)CCCC1. The van der Waals surface area contributed by atoms with Crippen LogP contribution in [0.2, 0.25) is 0 Å². The summed E-state index contributed by atoms with van der Waals surface area (Å²) in [4.78, 5) is 14.0. The van der Waals surface area contributed by atoms with E-state index in [9.17, 15) is 14.4 Å². The van der Waals surface area contributed by atoms with Crippen LogP contribution in [-0.4, -0.2) is 17.9 Å². The van der Waals surface area contributed by atoms with E-state index in [2.05, 4.69) is 6.07 Å². The zero-order chi connectivity index (χ0) is 13.9. The Morgan fingerprint density at radius 3 is 2.47 bits per heavy atom. The molecule has 1 aromatic carbocycles. The zero-order valence-corrected chi connectivity index (χ0v) is 11.0. The summed E-state index contributed by atoms with van der Waals surface area (Å²) in [6.45, 7) is 0.405. The summed E-state index contributed by atoms with van der Waals surface area (Å²) in [5.41, 5.74) is 0.0257. The molecule has 1 aromatic rings. The molecule has 0 aromatic heterocycles. The Bertz CT molecular complexity index is 498. The second-order valence-electron chi connectivity index (χ2n) is 5.19. The first-order valence-electron chi connectivity index (χ1n) is 6.49. The van der Waals surface area contributed by atoms with E-state index in [1.54, 1.807) is 24.1 Å². The first kappa shape index (κ1) is 13.5. The lowest BCUT2D eigenvalue weighted by atomic mass is 9.86. The van der Waals surface area contributed by atoms with E-state index in [0.29, 0.717) is 19.4 Å². The number of amides is 1. The molecular formula is C15H17FN2O. The van der Waals surface area contributed by atoms with E-state index in [-0.39, 0.29) is 11.7 Å². The molecule has 1 aliphatic carbocycles. The third-order valence-corrected chi connectivity index (χ3v) is 3.76. The van der Waals surface area contributed by atoms with Crippen molar-refractivity contribution in [3.8, 4) is 6.07 Å². The highest BCUT2D eigenvalue weighted by atomic mass is 19.1. The molecule has 0 radical (unpaired) electrons. The highest BCUT2D eigenvalue weighted by Gasteiger charge is 2.43. The lowest BCUT2D eigenvalue weighted by Crippen LogP contribution is -2.39. The fraction of sp³-hybridized carbons (Fsp3) is 0.467. The summed E-state index contributed by atoms with van der Waals surface area (Å²) in [7, 11) is 1.70. The Hall–Kier alpha value is -1.89. The molecule has 19 heavy (non-hydrogen) atoms. The number of nitriles is 1. The highest BCUT2D eigenvalue weighted by Crippen LogP contribution is 2.39. The standard InChI is InChI=1S/C15H17FN2O/c1-18(10-12-4-6-13(16)7-5-12)14(19)15(11-17)8-2-3-9-15/h4-7H,2-3,8-10H2,1H3. The maximum atomic E-state index is 12.8. The van der Waals surface area contributed by atoms with Gasteiger partial charge in [-0.05, 0) is 30.5 Å². The van der Waals surface area contributed by atoms with E-state index >= 15 is 0 Å². The lowest BCUT2D eigenvalue weighted by molar-refractivity contribution is -0.138. The Labute approximate surface area is 112 Å². The van der Waals surface area contributed by atoms with Gasteiger partial charge >= 0.3 is 0 Å². The molecule has 0 atom stereocenters. The third kappa shape index (κ3) is 2.76. The minimum Gasteiger partial charge on any atom is -0.340 e. The quantitative estimate of drug-likeness (QED) is 0.838. The average molecular weight is 260 g/mol. The van der Waals surface area contributed by atoms with Crippen LogP contribution in [0.5, 0.6) is 0 Å². The molecule has 0 spiro atoms. The van der Waals surface area contributed by atoms with Crippen molar-refractivity contribution in [2.75, 3.05) is 7.05 Å². The second-order valence-corrected chi connectivity index (χ2v) is 5.19. The molecule has 1 aliphatic rings. The van der Waals surface area contributed by atoms with Gasteiger partial charge in [-0.25, -0.2) is 4.39 Å². The summed E-state index contributed by atoms with van der Waals surface area (Å²) in [5, 5.41) is 9.29. The topological polar surface area (TPSA) is 44.1 Å². The van der Waals surface area contributed by atoms with Crippen LogP contribution in [0.25, 0.3) is 0 Å². The van der Waals surface area contributed by atoms with Crippen molar-refractivity contribution < 1.29 is 9.18 Å². The molecule has 2 rings (SSSR count). The van der Waals surface area contributed by atoms with E-state index in [1.807, 2.05) is 0 Å². The fourth-order valence-electron chi connectivity index (χ4n) is 2.65. The summed E-state index contributed by atoms with van der Waals surface area (Å²) in [6, 6.07) is 8.28. The molecule has 0 N–H and O–H groups in total. The zero-order valence-electron chi connectivity index (χ0n) is 11.0. The number of nitrogens with zero attached hydrogens (tertiary/aromatic N) is 2. The summed E-state index contributed by atoms with van der Waals surface area (Å²) < 4.78 is 12.8. The van der Waals surface area contributed by atoms with Gasteiger partial charge in [-0.2, -0.15) is 5.26 Å². The van der Waals surface area contributed by atoms with Gasteiger partial charge in [-0.15, -0.1) is 0 Å². The van der Waals surface area contributed by atoms with Crippen molar-refractivity contribution in [1.29, 1.82) is 5.26 Å². The van der Waals surface area contributed by atoms with Gasteiger partial charge in [0.15, 0.2) is 0 Å². The molecule has 4 heteroatoms. The minimum absolute atomic E-state index is 0.114. The number of rotatable bonds is 3. The Morgan fingerprint density at radius 1 is 1.37 bits per heavy atom. The van der Waals surface area contributed by atoms with Gasteiger partial charge in [0.2, 0.25) is 5.91 Å². The molecule has 0 saturated heterocycles. The molecule has 1 saturated carbocycles. The number of halogens is 1. The molecule has 1 amide bonds. The normalized spacial score (nSPS) is 16.9. The van der Waals surface area contributed by atoms with Crippen molar-refractivity contribution in [1.82, 2.24) is 4.90 Å². The highest BCUT2D eigenvalue weighted by molar-refractivity contribution is 5.85. The lowest BCUT2D eigenvalue weighted by Gasteiger charge is -2.26. The maximum Gasteiger partial charge on any atom is 0.243 e. The monoisotopic (exact) mass is 260 g/mol. The molecule has 0 heterocycles. The van der Waals surface area contributed by atoms with Gasteiger partial charge in [0.1, 0.15) is 11.2 Å². The number of carbonyl (C=O) groups is 1. The average Bonchev–Trinajstić information content (AvgIpc) is 2.90. The maximum absolute atomic E-state index is 12.8. The van der Waals surface area contributed by atoms with Crippen molar-refractivity contribution in [3.63, 3.8) is 0 Å². The fourth-order valence-corrected chi connectivity index (χ4v) is 2.65. The van der Waals surface area contributed by atoms with Gasteiger partial charge in [0.25, 0.3) is 0 Å². The summed E-state index contributed by atoms with van der Waals surface area (Å²) in [6.07, 6.45) is 3.17. The van der Waals surface area contributed by atoms with Gasteiger partial charge < -0.3 is 4.90 Å². The largest absolute Gasteiger partial charge is 0.340 e. The van der Waals surface area contributed by atoms with Crippen LogP contribution < -0.4 is 0 Å². The molecule has 100 valence electrons. The van der Waals surface area contributed by atoms with Crippen LogP contribution in [0.15, 0.2) is 24.3 Å². The Kier molecular flexibility index (Phi) is 3.84. The van der Waals surface area contributed by atoms with Crippen LogP contribution in [0, 0.1) is 22.6 Å². The molecule has 0 aliphatic heterocycles. The van der Waals surface area contributed by atoms with Gasteiger partial charge in [-0.3, -0.25) is 4.79 Å². The summed E-state index contributed by atoms with van der Waals surface area (Å²) >= 11 is 0. The van der Waals surface area contributed by atoms with Crippen LogP contribution in [0.3, 0.4) is 0 Å². The molecule has 0 unspecified atom stereocenters. The third-order valence-electron chi connectivity index (χ3n) is 3.76. The van der Waals surface area contributed by atoms with Crippen molar-refractivity contribution in [2.24, 2.45) is 5.41 Å². The van der Waals surface area contributed by atoms with E-state index in [1.165, 1.54) is 12.1 Å². The molecular weight excluding hydrogens is 243 g/mol. The van der Waals surface area contributed by atoms with Crippen LogP contribution in [0.4, 0.5) is 4.39 Å². The number of hydrogen-bond donors (Lipinski definition) is 0. The molecule has 3 nitrogen and oxygen atoms in total. The van der Waals surface area contributed by atoms with Crippen molar-refractivity contribution in [3.05, 3.63) is 35.6 Å². The van der Waals surface area contributed by atoms with Crippen molar-refractivity contribution in [2.45, 2.75) is 32.2 Å². The predicted molar refractivity (Wildman–Crippen MR) is 69.4 cm³/mol. The van der Waals surface area contributed by atoms with Crippen molar-refractivity contribution >= 4 is 5.91 Å². The van der Waals surface area contributed by atoms with Crippen LogP contribution >= 0.6 is 0 Å². The van der Waals surface area contributed by atoms with Gasteiger partial charge in [0, 0.05) is 13.6 Å². The number of hydrogen-bond acceptors (Lipinski definition) is 2. The number of benzene rings is 1. The second kappa shape index (κ2) is 5.40. The van der Waals surface area contributed by atoms with Gasteiger partial charge in [0.05, 0.1) is 6.07 Å². The van der Waals surface area contributed by atoms with E-state index in [0.717, 1.165) is 18.4 Å².